The number of thiophene rings is 1. The van der Waals surface area contributed by atoms with E-state index in [1.165, 1.54) is 69.7 Å². The molecule has 1 aliphatic rings. The number of rotatable bonds is 6. The first kappa shape index (κ1) is 36.0. The normalized spacial score (nSPS) is 12.6. The summed E-state index contributed by atoms with van der Waals surface area (Å²) < 4.78 is 9.57. The third-order valence-electron chi connectivity index (χ3n) is 13.1. The quantitative estimate of drug-likeness (QED) is 0.166. The van der Waals surface area contributed by atoms with E-state index in [0.717, 1.165) is 68.4 Å². The third kappa shape index (κ3) is 5.78. The highest BCUT2D eigenvalue weighted by atomic mass is 32.1. The van der Waals surface area contributed by atoms with Crippen LogP contribution in [0, 0.1) is 0 Å². The predicted octanol–water partition coefficient (Wildman–Crippen LogP) is 17.7. The summed E-state index contributed by atoms with van der Waals surface area (Å²) in [7, 11) is 0. The van der Waals surface area contributed by atoms with Gasteiger partial charge in [-0.05, 0) is 111 Å². The Morgan fingerprint density at radius 3 is 1.87 bits per heavy atom. The SMILES string of the molecule is C1=Cc2c(-c3ccc(N(c4ccc(-c5cccc6c5sc5ccccc56)cc4)c4ccccc4-c4cccc5c4oc4c6ccccc6ccc54)cc3)cc3ccccc3c2CC1. The molecule has 0 saturated carbocycles. The predicted molar refractivity (Wildman–Crippen MR) is 270 cm³/mol. The largest absolute Gasteiger partial charge is 0.455 e. The van der Waals surface area contributed by atoms with E-state index >= 15 is 0 Å². The van der Waals surface area contributed by atoms with Crippen molar-refractivity contribution in [2.75, 3.05) is 4.90 Å². The Morgan fingerprint density at radius 1 is 0.429 bits per heavy atom. The first-order chi connectivity index (χ1) is 31.2. The fourth-order valence-electron chi connectivity index (χ4n) is 10.2. The number of benzene rings is 10. The molecule has 3 heteroatoms. The molecule has 2 heterocycles. The lowest BCUT2D eigenvalue weighted by Gasteiger charge is -2.28. The molecule has 0 fully saturated rings. The molecule has 10 aromatic carbocycles. The number of anilines is 3. The Morgan fingerprint density at radius 2 is 1.05 bits per heavy atom. The number of furan rings is 1. The van der Waals surface area contributed by atoms with Gasteiger partial charge in [0.1, 0.15) is 11.2 Å². The molecule has 1 aliphatic carbocycles. The second-order valence-corrected chi connectivity index (χ2v) is 17.7. The van der Waals surface area contributed by atoms with Crippen molar-refractivity contribution in [1.82, 2.24) is 0 Å². The molecular weight excluding hydrogens is 783 g/mol. The van der Waals surface area contributed by atoms with Crippen molar-refractivity contribution in [3.05, 3.63) is 217 Å². The highest BCUT2D eigenvalue weighted by Crippen LogP contribution is 2.47. The summed E-state index contributed by atoms with van der Waals surface area (Å²) in [4.78, 5) is 2.41. The zero-order valence-electron chi connectivity index (χ0n) is 34.4. The van der Waals surface area contributed by atoms with Crippen LogP contribution >= 0.6 is 11.3 Å². The zero-order chi connectivity index (χ0) is 41.4. The third-order valence-corrected chi connectivity index (χ3v) is 14.4. The number of allylic oxidation sites excluding steroid dienone is 1. The van der Waals surface area contributed by atoms with E-state index in [0.29, 0.717) is 0 Å². The smallest absolute Gasteiger partial charge is 0.143 e. The van der Waals surface area contributed by atoms with Crippen molar-refractivity contribution in [2.24, 2.45) is 0 Å². The summed E-state index contributed by atoms with van der Waals surface area (Å²) in [6, 6.07) is 73.2. The highest BCUT2D eigenvalue weighted by molar-refractivity contribution is 7.26. The Hall–Kier alpha value is -7.72. The van der Waals surface area contributed by atoms with Crippen LogP contribution in [-0.4, -0.2) is 0 Å². The molecule has 13 rings (SSSR count). The van der Waals surface area contributed by atoms with Gasteiger partial charge in [-0.15, -0.1) is 11.3 Å². The van der Waals surface area contributed by atoms with Crippen molar-refractivity contribution in [1.29, 1.82) is 0 Å². The minimum atomic E-state index is 0.896. The van der Waals surface area contributed by atoms with Crippen molar-refractivity contribution < 1.29 is 4.42 Å². The van der Waals surface area contributed by atoms with Crippen LogP contribution in [0.4, 0.5) is 17.1 Å². The summed E-state index contributed by atoms with van der Waals surface area (Å²) in [6.45, 7) is 0. The Balaban J connectivity index is 0.983. The number of hydrogen-bond acceptors (Lipinski definition) is 3. The first-order valence-electron chi connectivity index (χ1n) is 21.8. The van der Waals surface area contributed by atoms with Crippen LogP contribution in [0.5, 0.6) is 0 Å². The van der Waals surface area contributed by atoms with Crippen LogP contribution in [0.2, 0.25) is 0 Å². The van der Waals surface area contributed by atoms with Crippen LogP contribution in [0.15, 0.2) is 211 Å². The maximum Gasteiger partial charge on any atom is 0.143 e. The maximum absolute atomic E-state index is 6.94. The highest BCUT2D eigenvalue weighted by Gasteiger charge is 2.22. The molecule has 63 heavy (non-hydrogen) atoms. The van der Waals surface area contributed by atoms with Gasteiger partial charge in [0.05, 0.1) is 5.69 Å². The number of para-hydroxylation sites is 2. The first-order valence-corrected chi connectivity index (χ1v) is 22.6. The van der Waals surface area contributed by atoms with Gasteiger partial charge >= 0.3 is 0 Å². The summed E-state index contributed by atoms with van der Waals surface area (Å²) >= 11 is 1.87. The summed E-state index contributed by atoms with van der Waals surface area (Å²) in [5.74, 6) is 0. The van der Waals surface area contributed by atoms with E-state index in [4.69, 9.17) is 4.42 Å². The molecule has 2 aromatic heterocycles. The molecule has 0 saturated heterocycles. The Kier molecular flexibility index (Phi) is 8.25. The molecule has 0 atom stereocenters. The lowest BCUT2D eigenvalue weighted by Crippen LogP contribution is -2.11. The molecular formula is C60H39NOS. The van der Waals surface area contributed by atoms with Gasteiger partial charge in [0.25, 0.3) is 0 Å². The second kappa shape index (κ2) is 14.4. The van der Waals surface area contributed by atoms with Gasteiger partial charge in [-0.2, -0.15) is 0 Å². The van der Waals surface area contributed by atoms with Gasteiger partial charge in [0.2, 0.25) is 0 Å². The molecule has 0 unspecified atom stereocenters. The minimum Gasteiger partial charge on any atom is -0.455 e. The molecule has 0 radical (unpaired) electrons. The molecule has 0 spiro atoms. The molecule has 2 nitrogen and oxygen atoms in total. The van der Waals surface area contributed by atoms with Gasteiger partial charge in [-0.3, -0.25) is 0 Å². The van der Waals surface area contributed by atoms with Crippen molar-refractivity contribution in [2.45, 2.75) is 12.8 Å². The van der Waals surface area contributed by atoms with E-state index < -0.39 is 0 Å². The van der Waals surface area contributed by atoms with E-state index in [2.05, 4.69) is 217 Å². The number of fused-ring (bicyclic) bond motifs is 11. The van der Waals surface area contributed by atoms with Crippen LogP contribution in [0.3, 0.4) is 0 Å². The van der Waals surface area contributed by atoms with Gasteiger partial charge in [-0.1, -0.05) is 164 Å². The van der Waals surface area contributed by atoms with Gasteiger partial charge in [0.15, 0.2) is 0 Å². The fourth-order valence-corrected chi connectivity index (χ4v) is 11.4. The minimum absolute atomic E-state index is 0.896. The van der Waals surface area contributed by atoms with Crippen LogP contribution in [0.1, 0.15) is 17.5 Å². The summed E-state index contributed by atoms with van der Waals surface area (Å²) in [6.07, 6.45) is 6.79. The van der Waals surface area contributed by atoms with Crippen LogP contribution < -0.4 is 4.90 Å². The van der Waals surface area contributed by atoms with Gasteiger partial charge in [-0.25, -0.2) is 0 Å². The summed E-state index contributed by atoms with van der Waals surface area (Å²) in [5.41, 5.74) is 15.0. The Bertz CT molecular complexity index is 3790. The lowest BCUT2D eigenvalue weighted by molar-refractivity contribution is 0.674. The molecule has 0 amide bonds. The molecule has 0 N–H and O–H groups in total. The van der Waals surface area contributed by atoms with E-state index in [-0.39, 0.29) is 0 Å². The van der Waals surface area contributed by atoms with Crippen molar-refractivity contribution in [3.63, 3.8) is 0 Å². The molecule has 12 aromatic rings. The van der Waals surface area contributed by atoms with Crippen LogP contribution in [0.25, 0.3) is 103 Å². The van der Waals surface area contributed by atoms with Gasteiger partial charge < -0.3 is 9.32 Å². The average Bonchev–Trinajstić information content (AvgIpc) is 3.94. The molecule has 0 bridgehead atoms. The fraction of sp³-hybridized carbons (Fsp3) is 0.0333. The number of hydrogen-bond donors (Lipinski definition) is 0. The van der Waals surface area contributed by atoms with E-state index in [9.17, 15) is 0 Å². The lowest BCUT2D eigenvalue weighted by atomic mass is 9.86. The zero-order valence-corrected chi connectivity index (χ0v) is 35.2. The second-order valence-electron chi connectivity index (χ2n) is 16.7. The molecule has 0 aliphatic heterocycles. The van der Waals surface area contributed by atoms with Gasteiger partial charge in [0, 0.05) is 58.8 Å². The average molecular weight is 822 g/mol. The summed E-state index contributed by atoms with van der Waals surface area (Å²) in [5, 5.41) is 9.82. The molecule has 296 valence electrons. The monoisotopic (exact) mass is 821 g/mol. The number of aryl methyl sites for hydroxylation is 1. The van der Waals surface area contributed by atoms with E-state index in [1.807, 2.05) is 11.3 Å². The van der Waals surface area contributed by atoms with Crippen molar-refractivity contribution in [3.8, 4) is 33.4 Å². The van der Waals surface area contributed by atoms with Crippen molar-refractivity contribution >= 4 is 98.1 Å². The van der Waals surface area contributed by atoms with E-state index in [1.54, 1.807) is 0 Å². The number of nitrogens with zero attached hydrogens (tertiary/aromatic N) is 1. The maximum atomic E-state index is 6.94. The van der Waals surface area contributed by atoms with Crippen LogP contribution in [-0.2, 0) is 6.42 Å². The standard InChI is InChI=1S/C60H39NOS/c1-4-16-45-38(13-1)31-36-53-52-23-12-22-51(59(52)62-58(45)53)49-19-7-9-25-56(49)61(42-32-27-39(28-33-42)46-21-11-24-54-50-20-8-10-26-57(50)63-60(46)54)43-34-29-40(30-35-43)55-37-41-14-2-3-15-44(41)47-17-5-6-18-48(47)55/h1-4,6-16,18-37H,5,17H2. The topological polar surface area (TPSA) is 16.4 Å². The Labute approximate surface area is 369 Å².